The molecule has 0 aliphatic carbocycles. The van der Waals surface area contributed by atoms with Crippen LogP contribution in [0.2, 0.25) is 10.0 Å². The number of carbonyl (C=O) groups is 1. The highest BCUT2D eigenvalue weighted by Gasteiger charge is 2.45. The van der Waals surface area contributed by atoms with Crippen molar-refractivity contribution in [1.82, 2.24) is 10.3 Å². The molecule has 32 heavy (non-hydrogen) atoms. The minimum Gasteiger partial charge on any atom is -0.352 e. The van der Waals surface area contributed by atoms with Crippen LogP contribution in [-0.4, -0.2) is 22.7 Å². The number of allylic oxidation sites excluding steroid dienone is 1. The summed E-state index contributed by atoms with van der Waals surface area (Å²) in [5, 5.41) is 4.99. The third-order valence-corrected chi connectivity index (χ3v) is 8.10. The maximum Gasteiger partial charge on any atom is 0.226 e. The Kier molecular flexibility index (Phi) is 8.71. The standard InChI is InChI=1S/C26H32Cl2N2OS/c1-5-12-26(4)15-21(18-8-7-9-19(27)14-18)24(30-25(26)31)17(3)13-23(32-6-2)22-11-10-20(28)16-29-22/h5,7-11,14,16-17,21,23-24H,1,6,12-13,15H2,2-4H3,(H,30,31)/t17?,21-,23+,24+,26+/m1/s1. The van der Waals surface area contributed by atoms with Crippen LogP contribution in [0.3, 0.4) is 0 Å². The molecule has 0 bridgehead atoms. The van der Waals surface area contributed by atoms with Crippen LogP contribution in [0.5, 0.6) is 0 Å². The van der Waals surface area contributed by atoms with E-state index in [1.54, 1.807) is 6.20 Å². The molecule has 1 amide bonds. The molecule has 172 valence electrons. The molecule has 3 rings (SSSR count). The molecule has 6 heteroatoms. The number of nitrogens with zero attached hydrogens (tertiary/aromatic N) is 1. The summed E-state index contributed by atoms with van der Waals surface area (Å²) in [5.41, 5.74) is 1.74. The summed E-state index contributed by atoms with van der Waals surface area (Å²) in [6.07, 6.45) is 5.89. The number of hydrogen-bond donors (Lipinski definition) is 1. The van der Waals surface area contributed by atoms with Gasteiger partial charge >= 0.3 is 0 Å². The monoisotopic (exact) mass is 490 g/mol. The number of thioether (sulfide) groups is 1. The Balaban J connectivity index is 1.90. The first kappa shape index (κ1) is 25.1. The van der Waals surface area contributed by atoms with Gasteiger partial charge in [-0.1, -0.05) is 62.2 Å². The number of halogens is 2. The molecule has 0 saturated carbocycles. The Morgan fingerprint density at radius 3 is 2.72 bits per heavy atom. The Morgan fingerprint density at radius 2 is 2.09 bits per heavy atom. The topological polar surface area (TPSA) is 42.0 Å². The fourth-order valence-electron chi connectivity index (χ4n) is 4.76. The number of hydrogen-bond acceptors (Lipinski definition) is 3. The summed E-state index contributed by atoms with van der Waals surface area (Å²) in [7, 11) is 0. The summed E-state index contributed by atoms with van der Waals surface area (Å²) >= 11 is 14.3. The fraction of sp³-hybridized carbons (Fsp3) is 0.462. The number of nitrogens with one attached hydrogen (secondary N) is 1. The van der Waals surface area contributed by atoms with Crippen LogP contribution in [0, 0.1) is 11.3 Å². The van der Waals surface area contributed by atoms with Crippen LogP contribution >= 0.6 is 35.0 Å². The second-order valence-corrected chi connectivity index (χ2v) is 11.3. The summed E-state index contributed by atoms with van der Waals surface area (Å²) in [6, 6.07) is 12.0. The normalized spacial score (nSPS) is 25.1. The van der Waals surface area contributed by atoms with Crippen molar-refractivity contribution in [2.75, 3.05) is 5.75 Å². The van der Waals surface area contributed by atoms with Crippen molar-refractivity contribution in [1.29, 1.82) is 0 Å². The number of piperidine rings is 1. The summed E-state index contributed by atoms with van der Waals surface area (Å²) in [5.74, 6) is 1.53. The molecule has 3 nitrogen and oxygen atoms in total. The van der Waals surface area contributed by atoms with Crippen LogP contribution in [0.25, 0.3) is 0 Å². The molecule has 2 heterocycles. The third kappa shape index (κ3) is 5.89. The van der Waals surface area contributed by atoms with Gasteiger partial charge in [0.1, 0.15) is 0 Å². The lowest BCUT2D eigenvalue weighted by Crippen LogP contribution is -2.55. The van der Waals surface area contributed by atoms with Gasteiger partial charge in [-0.2, -0.15) is 11.8 Å². The number of rotatable bonds is 9. The minimum atomic E-state index is -0.472. The summed E-state index contributed by atoms with van der Waals surface area (Å²) < 4.78 is 0. The average Bonchev–Trinajstić information content (AvgIpc) is 2.76. The molecule has 1 aliphatic rings. The van der Waals surface area contributed by atoms with Crippen molar-refractivity contribution >= 4 is 40.9 Å². The zero-order valence-electron chi connectivity index (χ0n) is 19.0. The Morgan fingerprint density at radius 1 is 1.31 bits per heavy atom. The molecule has 1 N–H and O–H groups in total. The largest absolute Gasteiger partial charge is 0.352 e. The molecule has 0 radical (unpaired) electrons. The third-order valence-electron chi connectivity index (χ3n) is 6.47. The van der Waals surface area contributed by atoms with Gasteiger partial charge in [0.25, 0.3) is 0 Å². The smallest absolute Gasteiger partial charge is 0.226 e. The van der Waals surface area contributed by atoms with Gasteiger partial charge < -0.3 is 5.32 Å². The highest BCUT2D eigenvalue weighted by Crippen LogP contribution is 2.45. The SMILES string of the molecule is C=CC[C@@]1(C)C[C@H](c2cccc(Cl)c2)[C@H](C(C)C[C@H](SCC)c2ccc(Cl)cn2)NC1=O. The molecular formula is C26H32Cl2N2OS. The maximum absolute atomic E-state index is 13.2. The molecule has 1 aromatic carbocycles. The second-order valence-electron chi connectivity index (χ2n) is 8.98. The summed E-state index contributed by atoms with van der Waals surface area (Å²) in [4.78, 5) is 17.7. The minimum absolute atomic E-state index is 0.0195. The molecule has 1 fully saturated rings. The van der Waals surface area contributed by atoms with Gasteiger partial charge in [0, 0.05) is 28.4 Å². The highest BCUT2D eigenvalue weighted by atomic mass is 35.5. The molecule has 0 spiro atoms. The predicted octanol–water partition coefficient (Wildman–Crippen LogP) is 7.46. The van der Waals surface area contributed by atoms with Gasteiger partial charge in [0.15, 0.2) is 0 Å². The lowest BCUT2D eigenvalue weighted by Gasteiger charge is -2.45. The Bertz CT molecular complexity index is 936. The van der Waals surface area contributed by atoms with E-state index in [-0.39, 0.29) is 29.0 Å². The highest BCUT2D eigenvalue weighted by molar-refractivity contribution is 7.99. The quantitative estimate of drug-likeness (QED) is 0.370. The van der Waals surface area contributed by atoms with Crippen molar-refractivity contribution in [3.8, 4) is 0 Å². The van der Waals surface area contributed by atoms with Crippen molar-refractivity contribution in [3.05, 3.63) is 76.6 Å². The summed E-state index contributed by atoms with van der Waals surface area (Å²) in [6.45, 7) is 10.3. The maximum atomic E-state index is 13.2. The zero-order chi connectivity index (χ0) is 23.3. The first-order valence-electron chi connectivity index (χ1n) is 11.2. The van der Waals surface area contributed by atoms with Crippen LogP contribution in [0.15, 0.2) is 55.3 Å². The zero-order valence-corrected chi connectivity index (χ0v) is 21.3. The number of carbonyl (C=O) groups excluding carboxylic acids is 1. The van der Waals surface area contributed by atoms with E-state index in [2.05, 4.69) is 36.8 Å². The number of amides is 1. The molecular weight excluding hydrogens is 459 g/mol. The van der Waals surface area contributed by atoms with E-state index in [4.69, 9.17) is 23.2 Å². The molecule has 2 aromatic rings. The van der Waals surface area contributed by atoms with Crippen molar-refractivity contribution in [3.63, 3.8) is 0 Å². The second kappa shape index (κ2) is 11.1. The van der Waals surface area contributed by atoms with Gasteiger partial charge in [0.05, 0.1) is 16.1 Å². The predicted molar refractivity (Wildman–Crippen MR) is 138 cm³/mol. The van der Waals surface area contributed by atoms with E-state index in [9.17, 15) is 4.79 Å². The fourth-order valence-corrected chi connectivity index (χ4v) is 6.23. The Labute approximate surface area is 206 Å². The van der Waals surface area contributed by atoms with Gasteiger partial charge in [-0.15, -0.1) is 6.58 Å². The van der Waals surface area contributed by atoms with Gasteiger partial charge in [0.2, 0.25) is 5.91 Å². The number of benzene rings is 1. The van der Waals surface area contributed by atoms with Crippen molar-refractivity contribution < 1.29 is 4.79 Å². The molecule has 1 aliphatic heterocycles. The van der Waals surface area contributed by atoms with Gasteiger partial charge in [-0.3, -0.25) is 9.78 Å². The molecule has 1 aromatic heterocycles. The lowest BCUT2D eigenvalue weighted by molar-refractivity contribution is -0.135. The number of aromatic nitrogens is 1. The average molecular weight is 492 g/mol. The van der Waals surface area contributed by atoms with E-state index in [0.717, 1.165) is 29.3 Å². The van der Waals surface area contributed by atoms with Crippen molar-refractivity contribution in [2.45, 2.75) is 57.2 Å². The van der Waals surface area contributed by atoms with Gasteiger partial charge in [-0.05, 0) is 60.8 Å². The van der Waals surface area contributed by atoms with Crippen LogP contribution in [0.4, 0.5) is 0 Å². The van der Waals surface area contributed by atoms with E-state index >= 15 is 0 Å². The van der Waals surface area contributed by atoms with E-state index < -0.39 is 5.41 Å². The first-order chi connectivity index (χ1) is 15.3. The number of pyridine rings is 1. The Hall–Kier alpha value is -1.49. The molecule has 1 saturated heterocycles. The molecule has 1 unspecified atom stereocenters. The van der Waals surface area contributed by atoms with Crippen LogP contribution < -0.4 is 5.32 Å². The lowest BCUT2D eigenvalue weighted by atomic mass is 9.67. The molecule has 5 atom stereocenters. The van der Waals surface area contributed by atoms with Crippen LogP contribution in [-0.2, 0) is 4.79 Å². The van der Waals surface area contributed by atoms with E-state index in [1.807, 2.05) is 55.1 Å². The van der Waals surface area contributed by atoms with E-state index in [1.165, 1.54) is 5.56 Å². The first-order valence-corrected chi connectivity index (χ1v) is 13.0. The van der Waals surface area contributed by atoms with Gasteiger partial charge in [-0.25, -0.2) is 0 Å². The van der Waals surface area contributed by atoms with Crippen molar-refractivity contribution in [2.24, 2.45) is 11.3 Å². The van der Waals surface area contributed by atoms with E-state index in [0.29, 0.717) is 11.4 Å². The van der Waals surface area contributed by atoms with Crippen LogP contribution in [0.1, 0.15) is 62.5 Å².